The van der Waals surface area contributed by atoms with Gasteiger partial charge >= 0.3 is 0 Å². The minimum atomic E-state index is -3.63. The fourth-order valence-corrected chi connectivity index (χ4v) is 4.80. The number of thiocarbonyl (C=S) groups is 1. The average Bonchev–Trinajstić information content (AvgIpc) is 2.75. The fourth-order valence-electron chi connectivity index (χ4n) is 3.02. The first-order valence-electron chi connectivity index (χ1n) is 9.34. The first kappa shape index (κ1) is 22.8. The standard InChI is InChI=1S/C20H24ClN3O4S2/c1-23(14-15-4-3-5-16(12-15)27-2)20(29)22-19-13-17(6-7-18(19)21)30(25,26)24-8-10-28-11-9-24/h3-7,12-13H,8-11,14H2,1-2H3,(H,22,29). The summed E-state index contributed by atoms with van der Waals surface area (Å²) in [4.78, 5) is 2.00. The predicted octanol–water partition coefficient (Wildman–Crippen LogP) is 3.20. The lowest BCUT2D eigenvalue weighted by Crippen LogP contribution is -2.40. The second-order valence-electron chi connectivity index (χ2n) is 6.80. The number of sulfonamides is 1. The smallest absolute Gasteiger partial charge is 0.243 e. The fraction of sp³-hybridized carbons (Fsp3) is 0.350. The molecule has 10 heteroatoms. The van der Waals surface area contributed by atoms with Gasteiger partial charge in [-0.15, -0.1) is 0 Å². The Labute approximate surface area is 187 Å². The van der Waals surface area contributed by atoms with Gasteiger partial charge in [0.05, 0.1) is 35.9 Å². The van der Waals surface area contributed by atoms with Crippen molar-refractivity contribution in [3.63, 3.8) is 0 Å². The summed E-state index contributed by atoms with van der Waals surface area (Å²) in [5.74, 6) is 0.767. The maximum atomic E-state index is 12.9. The zero-order chi connectivity index (χ0) is 21.7. The minimum absolute atomic E-state index is 0.162. The van der Waals surface area contributed by atoms with Crippen molar-refractivity contribution in [3.8, 4) is 5.75 Å². The topological polar surface area (TPSA) is 71.1 Å². The van der Waals surface area contributed by atoms with Crippen LogP contribution in [0.5, 0.6) is 5.75 Å². The molecule has 1 aliphatic heterocycles. The molecule has 1 saturated heterocycles. The number of nitrogens with one attached hydrogen (secondary N) is 1. The molecule has 1 fully saturated rings. The highest BCUT2D eigenvalue weighted by Gasteiger charge is 2.27. The van der Waals surface area contributed by atoms with Crippen molar-refractivity contribution in [3.05, 3.63) is 53.1 Å². The summed E-state index contributed by atoms with van der Waals surface area (Å²) in [6, 6.07) is 12.3. The highest BCUT2D eigenvalue weighted by atomic mass is 35.5. The first-order valence-corrected chi connectivity index (χ1v) is 11.6. The van der Waals surface area contributed by atoms with E-state index < -0.39 is 10.0 Å². The number of nitrogens with zero attached hydrogens (tertiary/aromatic N) is 2. The van der Waals surface area contributed by atoms with Crippen LogP contribution < -0.4 is 10.1 Å². The molecule has 0 amide bonds. The summed E-state index contributed by atoms with van der Waals surface area (Å²) in [7, 11) is -0.165. The van der Waals surface area contributed by atoms with Gasteiger partial charge in [-0.05, 0) is 48.1 Å². The third-order valence-corrected chi connectivity index (χ3v) is 7.33. The molecule has 0 bridgehead atoms. The maximum absolute atomic E-state index is 12.9. The normalized spacial score (nSPS) is 14.9. The molecule has 30 heavy (non-hydrogen) atoms. The van der Waals surface area contributed by atoms with Crippen LogP contribution in [0.2, 0.25) is 5.02 Å². The summed E-state index contributed by atoms with van der Waals surface area (Å²) in [5.41, 5.74) is 1.46. The van der Waals surface area contributed by atoms with E-state index in [1.165, 1.54) is 16.4 Å². The molecule has 2 aromatic rings. The van der Waals surface area contributed by atoms with Gasteiger partial charge in [0.25, 0.3) is 0 Å². The van der Waals surface area contributed by atoms with Crippen molar-refractivity contribution in [2.75, 3.05) is 45.8 Å². The minimum Gasteiger partial charge on any atom is -0.497 e. The van der Waals surface area contributed by atoms with Gasteiger partial charge in [0, 0.05) is 26.7 Å². The summed E-state index contributed by atoms with van der Waals surface area (Å²) in [6.45, 7) is 1.98. The van der Waals surface area contributed by atoms with Crippen molar-refractivity contribution in [1.29, 1.82) is 0 Å². The van der Waals surface area contributed by atoms with Gasteiger partial charge in [-0.1, -0.05) is 23.7 Å². The molecule has 0 radical (unpaired) electrons. The number of methoxy groups -OCH3 is 1. The molecule has 0 saturated carbocycles. The molecule has 1 heterocycles. The van der Waals surface area contributed by atoms with Gasteiger partial charge < -0.3 is 19.7 Å². The lowest BCUT2D eigenvalue weighted by atomic mass is 10.2. The van der Waals surface area contributed by atoms with Gasteiger partial charge in [-0.3, -0.25) is 0 Å². The zero-order valence-electron chi connectivity index (χ0n) is 16.8. The number of hydrogen-bond donors (Lipinski definition) is 1. The molecule has 162 valence electrons. The number of morpholine rings is 1. The highest BCUT2D eigenvalue weighted by molar-refractivity contribution is 7.89. The second kappa shape index (κ2) is 9.93. The van der Waals surface area contributed by atoms with Crippen LogP contribution in [-0.4, -0.2) is 63.2 Å². The van der Waals surface area contributed by atoms with E-state index in [0.717, 1.165) is 11.3 Å². The van der Waals surface area contributed by atoms with Crippen molar-refractivity contribution >= 4 is 44.6 Å². The van der Waals surface area contributed by atoms with Crippen LogP contribution >= 0.6 is 23.8 Å². The molecule has 1 aliphatic rings. The Morgan fingerprint density at radius 1 is 1.27 bits per heavy atom. The Morgan fingerprint density at radius 2 is 2.00 bits per heavy atom. The zero-order valence-corrected chi connectivity index (χ0v) is 19.2. The number of halogens is 1. The molecule has 0 aliphatic carbocycles. The van der Waals surface area contributed by atoms with E-state index in [1.807, 2.05) is 36.2 Å². The first-order chi connectivity index (χ1) is 14.3. The summed E-state index contributed by atoms with van der Waals surface area (Å²) in [6.07, 6.45) is 0. The molecule has 3 rings (SSSR count). The van der Waals surface area contributed by atoms with Crippen LogP contribution in [0.4, 0.5) is 5.69 Å². The molecular formula is C20H24ClN3O4S2. The second-order valence-corrected chi connectivity index (χ2v) is 9.53. The summed E-state index contributed by atoms with van der Waals surface area (Å²) >= 11 is 11.8. The van der Waals surface area contributed by atoms with E-state index in [-0.39, 0.29) is 4.90 Å². The molecule has 0 unspecified atom stereocenters. The van der Waals surface area contributed by atoms with Crippen molar-refractivity contribution in [1.82, 2.24) is 9.21 Å². The Hall–Kier alpha value is -1.91. The van der Waals surface area contributed by atoms with Crippen LogP contribution in [-0.2, 0) is 21.3 Å². The van der Waals surface area contributed by atoms with Crippen molar-refractivity contribution < 1.29 is 17.9 Å². The Bertz CT molecular complexity index is 1010. The Balaban J connectivity index is 1.73. The number of rotatable bonds is 6. The molecule has 2 aromatic carbocycles. The van der Waals surface area contributed by atoms with Crippen LogP contribution in [0.1, 0.15) is 5.56 Å². The monoisotopic (exact) mass is 469 g/mol. The van der Waals surface area contributed by atoms with Gasteiger partial charge in [-0.25, -0.2) is 8.42 Å². The van der Waals surface area contributed by atoms with Gasteiger partial charge in [0.1, 0.15) is 5.75 Å². The molecular weight excluding hydrogens is 446 g/mol. The van der Waals surface area contributed by atoms with Gasteiger partial charge in [-0.2, -0.15) is 4.31 Å². The van der Waals surface area contributed by atoms with Crippen LogP contribution in [0.25, 0.3) is 0 Å². The molecule has 0 aromatic heterocycles. The van der Waals surface area contributed by atoms with Crippen molar-refractivity contribution in [2.24, 2.45) is 0 Å². The summed E-state index contributed by atoms with van der Waals surface area (Å²) < 4.78 is 37.7. The van der Waals surface area contributed by atoms with Gasteiger partial charge in [0.2, 0.25) is 10.0 Å². The van der Waals surface area contributed by atoms with E-state index in [0.29, 0.717) is 48.7 Å². The van der Waals surface area contributed by atoms with Crippen molar-refractivity contribution in [2.45, 2.75) is 11.4 Å². The van der Waals surface area contributed by atoms with E-state index in [1.54, 1.807) is 13.2 Å². The number of benzene rings is 2. The SMILES string of the molecule is COc1cccc(CN(C)C(=S)Nc2cc(S(=O)(=O)N3CCOCC3)ccc2Cl)c1. The van der Waals surface area contributed by atoms with Crippen LogP contribution in [0, 0.1) is 0 Å². The number of anilines is 1. The maximum Gasteiger partial charge on any atom is 0.243 e. The number of hydrogen-bond acceptors (Lipinski definition) is 5. The Kier molecular flexibility index (Phi) is 7.54. The lowest BCUT2D eigenvalue weighted by molar-refractivity contribution is 0.0730. The van der Waals surface area contributed by atoms with E-state index in [9.17, 15) is 8.42 Å². The molecule has 7 nitrogen and oxygen atoms in total. The Morgan fingerprint density at radius 3 is 2.70 bits per heavy atom. The summed E-state index contributed by atoms with van der Waals surface area (Å²) in [5, 5.41) is 3.86. The van der Waals surface area contributed by atoms with Crippen LogP contribution in [0.15, 0.2) is 47.4 Å². The molecule has 0 atom stereocenters. The van der Waals surface area contributed by atoms with Crippen LogP contribution in [0.3, 0.4) is 0 Å². The molecule has 0 spiro atoms. The average molecular weight is 470 g/mol. The molecule has 1 N–H and O–H groups in total. The third-order valence-electron chi connectivity index (χ3n) is 4.69. The van der Waals surface area contributed by atoms with E-state index in [4.69, 9.17) is 33.3 Å². The van der Waals surface area contributed by atoms with Gasteiger partial charge in [0.15, 0.2) is 5.11 Å². The third kappa shape index (κ3) is 5.41. The highest BCUT2D eigenvalue weighted by Crippen LogP contribution is 2.28. The van der Waals surface area contributed by atoms with E-state index in [2.05, 4.69) is 5.32 Å². The van der Waals surface area contributed by atoms with E-state index >= 15 is 0 Å². The number of ether oxygens (including phenoxy) is 2. The quantitative estimate of drug-likeness (QED) is 0.651. The largest absolute Gasteiger partial charge is 0.497 e. The lowest BCUT2D eigenvalue weighted by Gasteiger charge is -2.26. The predicted molar refractivity (Wildman–Crippen MR) is 122 cm³/mol.